The first-order valence-electron chi connectivity index (χ1n) is 10.3. The second-order valence-corrected chi connectivity index (χ2v) is 8.46. The molecule has 4 nitrogen and oxygen atoms in total. The van der Waals surface area contributed by atoms with Gasteiger partial charge in [0.15, 0.2) is 0 Å². The van der Waals surface area contributed by atoms with Gasteiger partial charge in [0.2, 0.25) is 0 Å². The molecule has 4 heteroatoms. The van der Waals surface area contributed by atoms with Crippen LogP contribution in [0.2, 0.25) is 0 Å². The van der Waals surface area contributed by atoms with Crippen molar-refractivity contribution in [2.45, 2.75) is 26.9 Å². The van der Waals surface area contributed by atoms with E-state index in [0.717, 1.165) is 5.69 Å². The average Bonchev–Trinajstić information content (AvgIpc) is 2.73. The van der Waals surface area contributed by atoms with Crippen LogP contribution >= 0.6 is 0 Å². The lowest BCUT2D eigenvalue weighted by molar-refractivity contribution is -0.165. The monoisotopic (exact) mass is 391 g/mol. The highest BCUT2D eigenvalue weighted by molar-refractivity contribution is 5.84. The molecule has 1 saturated heterocycles. The molecule has 0 radical (unpaired) electrons. The maximum absolute atomic E-state index is 12.4. The van der Waals surface area contributed by atoms with Crippen LogP contribution in [0.15, 0.2) is 72.3 Å². The predicted molar refractivity (Wildman–Crippen MR) is 115 cm³/mol. The van der Waals surface area contributed by atoms with Crippen molar-refractivity contribution in [2.24, 2.45) is 23.2 Å². The number of hydrogen-bond acceptors (Lipinski definition) is 3. The third kappa shape index (κ3) is 3.69. The number of carbonyl (C=O) groups is 1. The molecule has 152 valence electrons. The number of rotatable bonds is 4. The van der Waals surface area contributed by atoms with Gasteiger partial charge in [-0.1, -0.05) is 74.0 Å². The standard InChI is InChI=1S/C25H29NO3/c1-17-14-18(2)25(16-29-24(27)26-21-12-8-5-9-13-21)15-28-23(22(17)19(25)3)20-10-6-4-7-11-20/h4-14,18-19,22-23H,15-16H2,1-3H3,(H,26,27)/t18-,19-,22+,23-,25+/m1/s1. The van der Waals surface area contributed by atoms with E-state index in [1.165, 1.54) is 11.1 Å². The molecule has 1 aliphatic heterocycles. The van der Waals surface area contributed by atoms with Gasteiger partial charge in [0, 0.05) is 17.0 Å². The largest absolute Gasteiger partial charge is 0.449 e. The first-order chi connectivity index (χ1) is 14.0. The highest BCUT2D eigenvalue weighted by atomic mass is 16.6. The number of benzene rings is 2. The number of para-hydroxylation sites is 1. The third-order valence-corrected chi connectivity index (χ3v) is 6.87. The zero-order valence-corrected chi connectivity index (χ0v) is 17.3. The van der Waals surface area contributed by atoms with Crippen molar-refractivity contribution < 1.29 is 14.3 Å². The number of nitrogens with one attached hydrogen (secondary N) is 1. The van der Waals surface area contributed by atoms with Crippen LogP contribution in [0.5, 0.6) is 0 Å². The first-order valence-corrected chi connectivity index (χ1v) is 10.3. The maximum Gasteiger partial charge on any atom is 0.411 e. The van der Waals surface area contributed by atoms with E-state index < -0.39 is 6.09 Å². The van der Waals surface area contributed by atoms with E-state index in [9.17, 15) is 4.79 Å². The van der Waals surface area contributed by atoms with Crippen molar-refractivity contribution in [1.82, 2.24) is 0 Å². The van der Waals surface area contributed by atoms with Crippen LogP contribution < -0.4 is 5.32 Å². The normalized spacial score (nSPS) is 30.9. The summed E-state index contributed by atoms with van der Waals surface area (Å²) < 4.78 is 12.2. The first kappa shape index (κ1) is 19.7. The summed E-state index contributed by atoms with van der Waals surface area (Å²) in [6.07, 6.45) is 1.97. The molecule has 0 unspecified atom stereocenters. The topological polar surface area (TPSA) is 47.6 Å². The van der Waals surface area contributed by atoms with E-state index >= 15 is 0 Å². The van der Waals surface area contributed by atoms with Gasteiger partial charge in [-0.2, -0.15) is 0 Å². The molecular weight excluding hydrogens is 362 g/mol. The van der Waals surface area contributed by atoms with Crippen molar-refractivity contribution >= 4 is 11.8 Å². The molecule has 1 aliphatic carbocycles. The molecule has 2 aromatic carbocycles. The number of fused-ring (bicyclic) bond motifs is 2. The summed E-state index contributed by atoms with van der Waals surface area (Å²) in [5, 5.41) is 2.81. The second-order valence-electron chi connectivity index (χ2n) is 8.46. The fraction of sp³-hybridized carbons (Fsp3) is 0.400. The Balaban J connectivity index is 1.52. The van der Waals surface area contributed by atoms with E-state index in [-0.39, 0.29) is 23.4 Å². The molecule has 0 aromatic heterocycles. The maximum atomic E-state index is 12.4. The van der Waals surface area contributed by atoms with Crippen LogP contribution in [0.1, 0.15) is 32.4 Å². The molecular formula is C25H29NO3. The lowest BCUT2D eigenvalue weighted by atomic mass is 9.56. The fourth-order valence-corrected chi connectivity index (χ4v) is 5.08. The van der Waals surface area contributed by atoms with E-state index in [2.05, 4.69) is 56.4 Å². The zero-order chi connectivity index (χ0) is 20.4. The lowest BCUT2D eigenvalue weighted by Gasteiger charge is -2.55. The van der Waals surface area contributed by atoms with Gasteiger partial charge < -0.3 is 9.47 Å². The Morgan fingerprint density at radius 2 is 1.76 bits per heavy atom. The molecule has 2 bridgehead atoms. The van der Waals surface area contributed by atoms with Crippen LogP contribution in [-0.4, -0.2) is 19.3 Å². The van der Waals surface area contributed by atoms with Gasteiger partial charge in [0.25, 0.3) is 0 Å². The number of ether oxygens (including phenoxy) is 2. The number of amides is 1. The van der Waals surface area contributed by atoms with E-state index in [1.54, 1.807) is 0 Å². The fourth-order valence-electron chi connectivity index (χ4n) is 5.08. The Morgan fingerprint density at radius 1 is 1.10 bits per heavy atom. The van der Waals surface area contributed by atoms with Crippen LogP contribution in [-0.2, 0) is 9.47 Å². The van der Waals surface area contributed by atoms with E-state index in [4.69, 9.17) is 9.47 Å². The zero-order valence-electron chi connectivity index (χ0n) is 17.3. The van der Waals surface area contributed by atoms with Crippen molar-refractivity contribution in [3.63, 3.8) is 0 Å². The van der Waals surface area contributed by atoms with Crippen LogP contribution in [0.3, 0.4) is 0 Å². The summed E-state index contributed by atoms with van der Waals surface area (Å²) in [7, 11) is 0. The molecule has 0 spiro atoms. The van der Waals surface area contributed by atoms with Gasteiger partial charge in [-0.15, -0.1) is 0 Å². The summed E-state index contributed by atoms with van der Waals surface area (Å²) >= 11 is 0. The Bertz CT molecular complexity index is 879. The van der Waals surface area contributed by atoms with Crippen molar-refractivity contribution in [1.29, 1.82) is 0 Å². The molecule has 1 amide bonds. The molecule has 2 aromatic rings. The highest BCUT2D eigenvalue weighted by Crippen LogP contribution is 2.56. The van der Waals surface area contributed by atoms with E-state index in [1.807, 2.05) is 36.4 Å². The van der Waals surface area contributed by atoms with Crippen molar-refractivity contribution in [3.05, 3.63) is 77.9 Å². The molecule has 2 aliphatic rings. The lowest BCUT2D eigenvalue weighted by Crippen LogP contribution is -2.54. The molecule has 1 N–H and O–H groups in total. The quantitative estimate of drug-likeness (QED) is 0.666. The SMILES string of the molecule is CC1=C[C@@H](C)[C@@]2(COC(=O)Nc3ccccc3)CO[C@H](c3ccccc3)[C@@H]1[C@H]2C. The van der Waals surface area contributed by atoms with Crippen LogP contribution in [0.4, 0.5) is 10.5 Å². The van der Waals surface area contributed by atoms with Crippen molar-refractivity contribution in [3.8, 4) is 0 Å². The summed E-state index contributed by atoms with van der Waals surface area (Å²) in [6.45, 7) is 7.62. The molecule has 1 fully saturated rings. The molecule has 1 heterocycles. The number of anilines is 1. The van der Waals surface area contributed by atoms with Gasteiger partial charge in [-0.25, -0.2) is 4.79 Å². The summed E-state index contributed by atoms with van der Waals surface area (Å²) in [5.74, 6) is 0.893. The van der Waals surface area contributed by atoms with Crippen LogP contribution in [0.25, 0.3) is 0 Å². The summed E-state index contributed by atoms with van der Waals surface area (Å²) in [4.78, 5) is 12.4. The van der Waals surface area contributed by atoms with E-state index in [0.29, 0.717) is 19.1 Å². The molecule has 5 atom stereocenters. The molecule has 29 heavy (non-hydrogen) atoms. The summed E-state index contributed by atoms with van der Waals surface area (Å²) in [6, 6.07) is 19.8. The minimum absolute atomic E-state index is 0.0428. The Hall–Kier alpha value is -2.59. The van der Waals surface area contributed by atoms with Gasteiger partial charge in [-0.05, 0) is 36.5 Å². The molecule has 4 rings (SSSR count). The molecule has 0 saturated carbocycles. The Kier molecular flexibility index (Phi) is 5.46. The van der Waals surface area contributed by atoms with Gasteiger partial charge >= 0.3 is 6.09 Å². The Morgan fingerprint density at radius 3 is 2.45 bits per heavy atom. The minimum Gasteiger partial charge on any atom is -0.449 e. The number of allylic oxidation sites excluding steroid dienone is 1. The highest BCUT2D eigenvalue weighted by Gasteiger charge is 2.54. The summed E-state index contributed by atoms with van der Waals surface area (Å²) in [5.41, 5.74) is 3.09. The second kappa shape index (κ2) is 8.03. The van der Waals surface area contributed by atoms with Gasteiger partial charge in [0.1, 0.15) is 6.61 Å². The van der Waals surface area contributed by atoms with Crippen molar-refractivity contribution in [2.75, 3.05) is 18.5 Å². The van der Waals surface area contributed by atoms with Gasteiger partial charge in [0.05, 0.1) is 12.7 Å². The Labute approximate surface area is 172 Å². The minimum atomic E-state index is -0.419. The smallest absolute Gasteiger partial charge is 0.411 e. The third-order valence-electron chi connectivity index (χ3n) is 6.87. The predicted octanol–water partition coefficient (Wildman–Crippen LogP) is 5.84. The number of hydrogen-bond donors (Lipinski definition) is 1. The van der Waals surface area contributed by atoms with Crippen LogP contribution in [0, 0.1) is 23.2 Å². The van der Waals surface area contributed by atoms with Gasteiger partial charge in [-0.3, -0.25) is 5.32 Å². The number of carbonyl (C=O) groups excluding carboxylic acids is 1. The average molecular weight is 392 g/mol.